The monoisotopic (exact) mass is 396 g/mol. The standard InChI is InChI=1S/C22H21ClN2O3/c23-19-4-2-1-3-18(19)20-9-10-21(28-20)22(26)24-17-7-5-16(6-8-17)15-25-11-13-27-14-12-25/h1-10H,11-15H2,(H,24,26). The van der Waals surface area contributed by atoms with Crippen molar-refractivity contribution in [2.45, 2.75) is 6.54 Å². The van der Waals surface area contributed by atoms with Gasteiger partial charge in [-0.2, -0.15) is 0 Å². The van der Waals surface area contributed by atoms with Gasteiger partial charge in [0.25, 0.3) is 5.91 Å². The van der Waals surface area contributed by atoms with Crippen LogP contribution in [0.15, 0.2) is 65.1 Å². The van der Waals surface area contributed by atoms with Gasteiger partial charge in [0.1, 0.15) is 5.76 Å². The molecule has 0 atom stereocenters. The highest BCUT2D eigenvalue weighted by atomic mass is 35.5. The van der Waals surface area contributed by atoms with Crippen LogP contribution in [0.4, 0.5) is 5.69 Å². The molecule has 1 fully saturated rings. The molecule has 1 N–H and O–H groups in total. The van der Waals surface area contributed by atoms with E-state index in [0.29, 0.717) is 10.8 Å². The topological polar surface area (TPSA) is 54.7 Å². The number of ether oxygens (including phenoxy) is 1. The predicted molar refractivity (Wildman–Crippen MR) is 110 cm³/mol. The molecule has 6 heteroatoms. The molecule has 1 aliphatic heterocycles. The molecular formula is C22H21ClN2O3. The molecule has 1 aliphatic rings. The van der Waals surface area contributed by atoms with Crippen LogP contribution < -0.4 is 5.32 Å². The van der Waals surface area contributed by atoms with Gasteiger partial charge in [-0.25, -0.2) is 0 Å². The lowest BCUT2D eigenvalue weighted by Gasteiger charge is -2.26. The molecule has 0 radical (unpaired) electrons. The molecule has 2 aromatic carbocycles. The molecule has 3 aromatic rings. The molecule has 5 nitrogen and oxygen atoms in total. The number of nitrogens with zero attached hydrogens (tertiary/aromatic N) is 1. The number of hydrogen-bond donors (Lipinski definition) is 1. The number of nitrogens with one attached hydrogen (secondary N) is 1. The molecule has 0 bridgehead atoms. The van der Waals surface area contributed by atoms with Crippen molar-refractivity contribution in [3.63, 3.8) is 0 Å². The molecule has 0 spiro atoms. The van der Waals surface area contributed by atoms with Gasteiger partial charge < -0.3 is 14.5 Å². The lowest BCUT2D eigenvalue weighted by atomic mass is 10.2. The number of amides is 1. The van der Waals surface area contributed by atoms with E-state index >= 15 is 0 Å². The fourth-order valence-corrected chi connectivity index (χ4v) is 3.40. The average Bonchev–Trinajstić information content (AvgIpc) is 3.21. The molecule has 4 rings (SSSR count). The minimum Gasteiger partial charge on any atom is -0.451 e. The second-order valence-corrected chi connectivity index (χ2v) is 7.09. The number of benzene rings is 2. The summed E-state index contributed by atoms with van der Waals surface area (Å²) in [6.07, 6.45) is 0. The SMILES string of the molecule is O=C(Nc1ccc(CN2CCOCC2)cc1)c1ccc(-c2ccccc2Cl)o1. The van der Waals surface area contributed by atoms with E-state index < -0.39 is 0 Å². The molecule has 1 saturated heterocycles. The van der Waals surface area contributed by atoms with Crippen molar-refractivity contribution in [1.82, 2.24) is 4.90 Å². The van der Waals surface area contributed by atoms with E-state index in [2.05, 4.69) is 10.2 Å². The van der Waals surface area contributed by atoms with Gasteiger partial charge >= 0.3 is 0 Å². The molecular weight excluding hydrogens is 376 g/mol. The summed E-state index contributed by atoms with van der Waals surface area (Å²) in [5.74, 6) is 0.517. The van der Waals surface area contributed by atoms with E-state index in [1.54, 1.807) is 18.2 Å². The summed E-state index contributed by atoms with van der Waals surface area (Å²) in [6.45, 7) is 4.35. The van der Waals surface area contributed by atoms with E-state index in [4.69, 9.17) is 20.8 Å². The predicted octanol–water partition coefficient (Wildman–Crippen LogP) is 4.68. The number of carbonyl (C=O) groups excluding carboxylic acids is 1. The van der Waals surface area contributed by atoms with Gasteiger partial charge in [0.2, 0.25) is 0 Å². The maximum absolute atomic E-state index is 12.5. The molecule has 2 heterocycles. The molecule has 0 aliphatic carbocycles. The molecule has 144 valence electrons. The zero-order valence-electron chi connectivity index (χ0n) is 15.4. The maximum Gasteiger partial charge on any atom is 0.291 e. The van der Waals surface area contributed by atoms with Gasteiger partial charge in [0.15, 0.2) is 5.76 Å². The van der Waals surface area contributed by atoms with Crippen molar-refractivity contribution >= 4 is 23.2 Å². The Morgan fingerprint density at radius 2 is 1.75 bits per heavy atom. The van der Waals surface area contributed by atoms with E-state index in [-0.39, 0.29) is 11.7 Å². The number of morpholine rings is 1. The third-order valence-electron chi connectivity index (χ3n) is 4.69. The molecule has 0 unspecified atom stereocenters. The summed E-state index contributed by atoms with van der Waals surface area (Å²) in [4.78, 5) is 14.8. The highest BCUT2D eigenvalue weighted by Crippen LogP contribution is 2.29. The highest BCUT2D eigenvalue weighted by molar-refractivity contribution is 6.33. The molecule has 1 aromatic heterocycles. The van der Waals surface area contributed by atoms with Crippen molar-refractivity contribution in [2.24, 2.45) is 0 Å². The maximum atomic E-state index is 12.5. The Kier molecular flexibility index (Phi) is 5.76. The van der Waals surface area contributed by atoms with Crippen LogP contribution >= 0.6 is 11.6 Å². The number of furan rings is 1. The van der Waals surface area contributed by atoms with Crippen LogP contribution in [0.1, 0.15) is 16.1 Å². The first-order valence-electron chi connectivity index (χ1n) is 9.24. The Hall–Kier alpha value is -2.60. The Bertz CT molecular complexity index is 946. The van der Waals surface area contributed by atoms with Crippen molar-refractivity contribution < 1.29 is 13.9 Å². The first-order chi connectivity index (χ1) is 13.7. The Balaban J connectivity index is 1.39. The van der Waals surface area contributed by atoms with Crippen LogP contribution in [-0.4, -0.2) is 37.1 Å². The Labute approximate surface area is 168 Å². The average molecular weight is 397 g/mol. The third kappa shape index (κ3) is 4.44. The van der Waals surface area contributed by atoms with Gasteiger partial charge in [-0.3, -0.25) is 9.69 Å². The second-order valence-electron chi connectivity index (χ2n) is 6.68. The zero-order valence-corrected chi connectivity index (χ0v) is 16.1. The summed E-state index contributed by atoms with van der Waals surface area (Å²) in [5, 5.41) is 3.45. The van der Waals surface area contributed by atoms with Crippen molar-refractivity contribution in [3.05, 3.63) is 77.0 Å². The van der Waals surface area contributed by atoms with Crippen molar-refractivity contribution in [2.75, 3.05) is 31.6 Å². The number of hydrogen-bond acceptors (Lipinski definition) is 4. The summed E-state index contributed by atoms with van der Waals surface area (Å²) in [6, 6.07) is 18.7. The lowest BCUT2D eigenvalue weighted by Crippen LogP contribution is -2.35. The Morgan fingerprint density at radius 3 is 2.50 bits per heavy atom. The second kappa shape index (κ2) is 8.61. The van der Waals surface area contributed by atoms with Crippen LogP contribution in [0.3, 0.4) is 0 Å². The summed E-state index contributed by atoms with van der Waals surface area (Å²) in [5.41, 5.74) is 2.70. The zero-order chi connectivity index (χ0) is 19.3. The van der Waals surface area contributed by atoms with E-state index in [9.17, 15) is 4.79 Å². The van der Waals surface area contributed by atoms with Crippen LogP contribution in [0.25, 0.3) is 11.3 Å². The number of halogens is 1. The largest absolute Gasteiger partial charge is 0.451 e. The minimum atomic E-state index is -0.292. The number of anilines is 1. The lowest BCUT2D eigenvalue weighted by molar-refractivity contribution is 0.0342. The van der Waals surface area contributed by atoms with Gasteiger partial charge in [-0.15, -0.1) is 0 Å². The summed E-state index contributed by atoms with van der Waals surface area (Å²) < 4.78 is 11.1. The van der Waals surface area contributed by atoms with Gasteiger partial charge in [0.05, 0.1) is 18.2 Å². The normalized spacial score (nSPS) is 14.8. The molecule has 28 heavy (non-hydrogen) atoms. The van der Waals surface area contributed by atoms with Crippen LogP contribution in [0.5, 0.6) is 0 Å². The minimum absolute atomic E-state index is 0.243. The van der Waals surface area contributed by atoms with E-state index in [1.807, 2.05) is 42.5 Å². The molecule has 1 amide bonds. The first-order valence-corrected chi connectivity index (χ1v) is 9.62. The fraction of sp³-hybridized carbons (Fsp3) is 0.227. The van der Waals surface area contributed by atoms with Crippen molar-refractivity contribution in [3.8, 4) is 11.3 Å². The van der Waals surface area contributed by atoms with Crippen molar-refractivity contribution in [1.29, 1.82) is 0 Å². The first kappa shape index (κ1) is 18.7. The van der Waals surface area contributed by atoms with Gasteiger partial charge in [0, 0.05) is 30.9 Å². The quantitative estimate of drug-likeness (QED) is 0.680. The third-order valence-corrected chi connectivity index (χ3v) is 5.02. The van der Waals surface area contributed by atoms with Gasteiger partial charge in [-0.05, 0) is 42.0 Å². The van der Waals surface area contributed by atoms with Crippen LogP contribution in [0.2, 0.25) is 5.02 Å². The fourth-order valence-electron chi connectivity index (χ4n) is 3.17. The van der Waals surface area contributed by atoms with Gasteiger partial charge in [-0.1, -0.05) is 35.9 Å². The number of carbonyl (C=O) groups is 1. The van der Waals surface area contributed by atoms with Crippen LogP contribution in [0, 0.1) is 0 Å². The van der Waals surface area contributed by atoms with E-state index in [0.717, 1.165) is 44.1 Å². The van der Waals surface area contributed by atoms with Crippen LogP contribution in [-0.2, 0) is 11.3 Å². The Morgan fingerprint density at radius 1 is 1.00 bits per heavy atom. The van der Waals surface area contributed by atoms with E-state index in [1.165, 1.54) is 5.56 Å². The summed E-state index contributed by atoms with van der Waals surface area (Å²) in [7, 11) is 0. The smallest absolute Gasteiger partial charge is 0.291 e. The molecule has 0 saturated carbocycles. The highest BCUT2D eigenvalue weighted by Gasteiger charge is 2.14. The number of rotatable bonds is 5. The summed E-state index contributed by atoms with van der Waals surface area (Å²) >= 11 is 6.19.